The molecule has 30 heavy (non-hydrogen) atoms. The Kier molecular flexibility index (Phi) is 6.33. The second kappa shape index (κ2) is 9.49. The van der Waals surface area contributed by atoms with Gasteiger partial charge >= 0.3 is 0 Å². The van der Waals surface area contributed by atoms with Gasteiger partial charge in [-0.3, -0.25) is 4.79 Å². The Bertz CT molecular complexity index is 924. The first-order valence-corrected chi connectivity index (χ1v) is 10.6. The number of nitrogens with zero attached hydrogens (tertiary/aromatic N) is 1. The van der Waals surface area contributed by atoms with Gasteiger partial charge in [0.1, 0.15) is 12.4 Å². The lowest BCUT2D eigenvalue weighted by molar-refractivity contribution is -0.119. The van der Waals surface area contributed by atoms with Gasteiger partial charge in [0, 0.05) is 31.7 Å². The molecule has 0 bridgehead atoms. The van der Waals surface area contributed by atoms with Gasteiger partial charge in [-0.25, -0.2) is 0 Å². The van der Waals surface area contributed by atoms with Gasteiger partial charge in [0.15, 0.2) is 0 Å². The molecule has 154 valence electrons. The Labute approximate surface area is 178 Å². The molecule has 1 saturated heterocycles. The highest BCUT2D eigenvalue weighted by molar-refractivity contribution is 5.75. The van der Waals surface area contributed by atoms with E-state index < -0.39 is 0 Å². The number of benzene rings is 3. The number of hydrogen-bond acceptors (Lipinski definition) is 3. The molecule has 1 N–H and O–H groups in total. The Morgan fingerprint density at radius 1 is 0.900 bits per heavy atom. The molecule has 2 aromatic rings. The lowest BCUT2D eigenvalue weighted by atomic mass is 9.95. The predicted molar refractivity (Wildman–Crippen MR) is 122 cm³/mol. The lowest BCUT2D eigenvalue weighted by Gasteiger charge is -2.33. The Morgan fingerprint density at radius 2 is 1.50 bits per heavy atom. The molecule has 5 rings (SSSR count). The Hall–Kier alpha value is -3.27. The fraction of sp³-hybridized carbons (Fsp3) is 0.269. The normalized spacial score (nSPS) is 14.4. The number of carbonyl (C=O) groups excluding carboxylic acids is 1. The van der Waals surface area contributed by atoms with Crippen LogP contribution < -0.4 is 15.0 Å². The standard InChI is InChI=1S/C20H24N2O2.C6H4/c1-16(23)21-18-11-13-22(14-12-18)19-7-9-20(10-8-19)24-15-17-5-3-2-4-6-17;1-2-6-4-3-5(1)6/h2-10,18H,11-15H2,1H3,(H,21,23);1-4H. The largest absolute Gasteiger partial charge is 0.489 e. The number of rotatable bonds is 5. The zero-order chi connectivity index (χ0) is 20.8. The third-order valence-electron chi connectivity index (χ3n) is 5.57. The molecule has 1 amide bonds. The summed E-state index contributed by atoms with van der Waals surface area (Å²) in [6.07, 6.45) is 1.98. The van der Waals surface area contributed by atoms with Crippen LogP contribution in [0.2, 0.25) is 0 Å². The van der Waals surface area contributed by atoms with E-state index in [9.17, 15) is 4.79 Å². The maximum Gasteiger partial charge on any atom is 0.217 e. The van der Waals surface area contributed by atoms with E-state index in [2.05, 4.69) is 58.7 Å². The molecule has 2 aliphatic carbocycles. The molecular weight excluding hydrogens is 372 g/mol. The van der Waals surface area contributed by atoms with Crippen molar-refractivity contribution in [2.24, 2.45) is 0 Å². The number of ether oxygens (including phenoxy) is 1. The third-order valence-corrected chi connectivity index (χ3v) is 5.57. The number of anilines is 1. The molecule has 1 fully saturated rings. The maximum absolute atomic E-state index is 11.1. The van der Waals surface area contributed by atoms with Crippen LogP contribution in [0.4, 0.5) is 5.69 Å². The van der Waals surface area contributed by atoms with Crippen LogP contribution in [0.25, 0.3) is 11.1 Å². The molecular formula is C26H28N2O2. The molecule has 1 aliphatic heterocycles. The zero-order valence-corrected chi connectivity index (χ0v) is 17.4. The molecule has 0 atom stereocenters. The van der Waals surface area contributed by atoms with Gasteiger partial charge < -0.3 is 15.0 Å². The maximum atomic E-state index is 11.1. The van der Waals surface area contributed by atoms with Crippen LogP contribution in [0.15, 0.2) is 78.9 Å². The quantitative estimate of drug-likeness (QED) is 0.510. The molecule has 0 saturated carbocycles. The summed E-state index contributed by atoms with van der Waals surface area (Å²) in [6, 6.07) is 27.2. The van der Waals surface area contributed by atoms with Crippen LogP contribution in [-0.2, 0) is 11.4 Å². The second-order valence-corrected chi connectivity index (χ2v) is 7.81. The molecule has 0 spiro atoms. The van der Waals surface area contributed by atoms with Gasteiger partial charge in [0.05, 0.1) is 0 Å². The summed E-state index contributed by atoms with van der Waals surface area (Å²) in [5.41, 5.74) is 5.23. The minimum Gasteiger partial charge on any atom is -0.489 e. The van der Waals surface area contributed by atoms with Crippen molar-refractivity contribution in [1.29, 1.82) is 0 Å². The highest BCUT2D eigenvalue weighted by Gasteiger charge is 2.19. The smallest absolute Gasteiger partial charge is 0.217 e. The number of piperidine rings is 1. The highest BCUT2D eigenvalue weighted by Crippen LogP contribution is 2.29. The Morgan fingerprint density at radius 3 is 2.00 bits per heavy atom. The van der Waals surface area contributed by atoms with Gasteiger partial charge in [0.2, 0.25) is 5.91 Å². The van der Waals surface area contributed by atoms with Crippen LogP contribution in [0.5, 0.6) is 5.75 Å². The molecule has 3 aliphatic rings. The molecule has 0 radical (unpaired) electrons. The van der Waals surface area contributed by atoms with Crippen molar-refractivity contribution in [2.75, 3.05) is 18.0 Å². The monoisotopic (exact) mass is 400 g/mol. The summed E-state index contributed by atoms with van der Waals surface area (Å²) in [5, 5.41) is 3.01. The summed E-state index contributed by atoms with van der Waals surface area (Å²) in [5.74, 6) is 0.948. The van der Waals surface area contributed by atoms with Crippen molar-refractivity contribution in [3.63, 3.8) is 0 Å². The summed E-state index contributed by atoms with van der Waals surface area (Å²) in [7, 11) is 0. The third kappa shape index (κ3) is 5.20. The first-order valence-electron chi connectivity index (χ1n) is 10.6. The molecule has 1 heterocycles. The van der Waals surface area contributed by atoms with Crippen LogP contribution in [0, 0.1) is 0 Å². The van der Waals surface area contributed by atoms with Crippen molar-refractivity contribution in [3.05, 3.63) is 84.4 Å². The zero-order valence-electron chi connectivity index (χ0n) is 17.4. The van der Waals surface area contributed by atoms with Crippen LogP contribution in [0.3, 0.4) is 0 Å². The van der Waals surface area contributed by atoms with E-state index in [1.165, 1.54) is 22.4 Å². The minimum absolute atomic E-state index is 0.0633. The van der Waals surface area contributed by atoms with Gasteiger partial charge in [-0.05, 0) is 53.8 Å². The molecule has 0 aromatic heterocycles. The van der Waals surface area contributed by atoms with Crippen molar-refractivity contribution in [3.8, 4) is 16.9 Å². The van der Waals surface area contributed by atoms with Crippen LogP contribution >= 0.6 is 0 Å². The van der Waals surface area contributed by atoms with E-state index in [0.29, 0.717) is 12.6 Å². The van der Waals surface area contributed by atoms with Crippen molar-refractivity contribution >= 4 is 11.6 Å². The topological polar surface area (TPSA) is 41.6 Å². The first kappa shape index (κ1) is 20.0. The lowest BCUT2D eigenvalue weighted by Crippen LogP contribution is -2.44. The second-order valence-electron chi connectivity index (χ2n) is 7.81. The van der Waals surface area contributed by atoms with E-state index >= 15 is 0 Å². The van der Waals surface area contributed by atoms with Crippen molar-refractivity contribution in [2.45, 2.75) is 32.4 Å². The fourth-order valence-corrected chi connectivity index (χ4v) is 3.73. The van der Waals surface area contributed by atoms with E-state index in [-0.39, 0.29) is 5.91 Å². The van der Waals surface area contributed by atoms with E-state index in [4.69, 9.17) is 4.74 Å². The summed E-state index contributed by atoms with van der Waals surface area (Å²) in [4.78, 5) is 13.5. The van der Waals surface area contributed by atoms with Gasteiger partial charge in [-0.2, -0.15) is 0 Å². The average molecular weight is 401 g/mol. The first-order chi connectivity index (χ1) is 14.7. The van der Waals surface area contributed by atoms with E-state index in [1.54, 1.807) is 6.92 Å². The molecule has 4 nitrogen and oxygen atoms in total. The van der Waals surface area contributed by atoms with Gasteiger partial charge in [-0.15, -0.1) is 0 Å². The molecule has 0 unspecified atom stereocenters. The number of nitrogens with one attached hydrogen (secondary N) is 1. The van der Waals surface area contributed by atoms with Crippen LogP contribution in [-0.4, -0.2) is 25.0 Å². The fourth-order valence-electron chi connectivity index (χ4n) is 3.73. The van der Waals surface area contributed by atoms with E-state index in [1.807, 2.05) is 30.3 Å². The predicted octanol–water partition coefficient (Wildman–Crippen LogP) is 5.04. The van der Waals surface area contributed by atoms with Crippen molar-refractivity contribution in [1.82, 2.24) is 5.32 Å². The summed E-state index contributed by atoms with van der Waals surface area (Å²) in [6.45, 7) is 4.10. The number of carbonyl (C=O) groups is 1. The average Bonchev–Trinajstić information content (AvgIpc) is 2.76. The molecule has 2 aromatic carbocycles. The van der Waals surface area contributed by atoms with Gasteiger partial charge in [0.25, 0.3) is 0 Å². The number of amides is 1. The highest BCUT2D eigenvalue weighted by atomic mass is 16.5. The number of hydrogen-bond donors (Lipinski definition) is 1. The number of fused-ring (bicyclic) bond motifs is 1. The SMILES string of the molecule is CC(=O)NC1CCN(c2ccc(OCc3ccccc3)cc2)CC1.c1cc2ccc1-2. The summed E-state index contributed by atoms with van der Waals surface area (Å²) >= 11 is 0. The molecule has 4 heteroatoms. The Balaban J connectivity index is 0.000000305. The van der Waals surface area contributed by atoms with E-state index in [0.717, 1.165) is 31.7 Å². The van der Waals surface area contributed by atoms with Crippen LogP contribution in [0.1, 0.15) is 25.3 Å². The minimum atomic E-state index is 0.0633. The summed E-state index contributed by atoms with van der Waals surface area (Å²) < 4.78 is 5.83. The van der Waals surface area contributed by atoms with Gasteiger partial charge in [-0.1, -0.05) is 54.6 Å². The van der Waals surface area contributed by atoms with Crippen molar-refractivity contribution < 1.29 is 9.53 Å².